The van der Waals surface area contributed by atoms with Crippen LogP contribution in [0.1, 0.15) is 96.5 Å². The first-order chi connectivity index (χ1) is 16.2. The Morgan fingerprint density at radius 3 is 2.59 bits per heavy atom. The molecule has 3 amide bonds. The Labute approximate surface area is 204 Å². The molecule has 3 fully saturated rings. The number of unbranched alkanes of at least 4 members (excludes halogenated alkanes) is 3. The Bertz CT molecular complexity index is 927. The number of imide groups is 1. The largest absolute Gasteiger partial charge is 0.326 e. The first kappa shape index (κ1) is 24.9. The fraction of sp³-hybridized carbons (Fsp3) is 0.679. The zero-order chi connectivity index (χ0) is 24.3. The van der Waals surface area contributed by atoms with Gasteiger partial charge in [0.1, 0.15) is 0 Å². The molecule has 2 bridgehead atoms. The zero-order valence-corrected chi connectivity index (χ0v) is 21.0. The van der Waals surface area contributed by atoms with E-state index in [1.165, 1.54) is 19.3 Å². The Balaban J connectivity index is 1.12. The summed E-state index contributed by atoms with van der Waals surface area (Å²) in [6, 6.07) is 8.07. The van der Waals surface area contributed by atoms with Crippen LogP contribution in [0.5, 0.6) is 0 Å². The lowest BCUT2D eigenvalue weighted by Crippen LogP contribution is -2.44. The van der Waals surface area contributed by atoms with Gasteiger partial charge in [0.05, 0.1) is 5.92 Å². The molecule has 2 aliphatic carbocycles. The van der Waals surface area contributed by atoms with Gasteiger partial charge in [-0.25, -0.2) is 0 Å². The van der Waals surface area contributed by atoms with Gasteiger partial charge in [0.25, 0.3) is 0 Å². The highest BCUT2D eigenvalue weighted by molar-refractivity contribution is 6.01. The summed E-state index contributed by atoms with van der Waals surface area (Å²) < 4.78 is 0. The molecule has 1 aromatic carbocycles. The lowest BCUT2D eigenvalue weighted by Gasteiger charge is -2.39. The van der Waals surface area contributed by atoms with Gasteiger partial charge in [-0.1, -0.05) is 45.7 Å². The molecule has 186 valence electrons. The molecule has 6 heteroatoms. The van der Waals surface area contributed by atoms with Crippen molar-refractivity contribution >= 4 is 23.4 Å². The minimum absolute atomic E-state index is 0.00989. The summed E-state index contributed by atoms with van der Waals surface area (Å²) in [6.07, 6.45) is 9.68. The molecule has 1 heterocycles. The van der Waals surface area contributed by atoms with Crippen LogP contribution in [0, 0.1) is 16.7 Å². The summed E-state index contributed by atoms with van der Waals surface area (Å²) >= 11 is 0. The van der Waals surface area contributed by atoms with Crippen LogP contribution in [0.15, 0.2) is 24.3 Å². The lowest BCUT2D eigenvalue weighted by atomic mass is 9.69. The number of hydrogen-bond acceptors (Lipinski definition) is 4. The monoisotopic (exact) mass is 467 g/mol. The van der Waals surface area contributed by atoms with Gasteiger partial charge in [0, 0.05) is 24.6 Å². The number of rotatable bonds is 10. The normalized spacial score (nSPS) is 29.8. The molecule has 4 rings (SSSR count). The molecule has 6 nitrogen and oxygen atoms in total. The molecular weight excluding hydrogens is 426 g/mol. The second kappa shape index (κ2) is 10.2. The molecule has 34 heavy (non-hydrogen) atoms. The highest BCUT2D eigenvalue weighted by atomic mass is 16.2. The number of carbonyl (C=O) groups is 3. The maximum atomic E-state index is 12.4. The fourth-order valence-electron chi connectivity index (χ4n) is 6.62. The second-order valence-electron chi connectivity index (χ2n) is 11.5. The lowest BCUT2D eigenvalue weighted by molar-refractivity contribution is -0.134. The van der Waals surface area contributed by atoms with Crippen molar-refractivity contribution in [3.63, 3.8) is 0 Å². The van der Waals surface area contributed by atoms with Crippen LogP contribution in [-0.4, -0.2) is 30.3 Å². The number of fused-ring (bicyclic) bond motifs is 2. The first-order valence-corrected chi connectivity index (χ1v) is 13.2. The predicted molar refractivity (Wildman–Crippen MR) is 134 cm³/mol. The fourth-order valence-corrected chi connectivity index (χ4v) is 6.62. The summed E-state index contributed by atoms with van der Waals surface area (Å²) in [7, 11) is 0. The van der Waals surface area contributed by atoms with Crippen molar-refractivity contribution in [2.24, 2.45) is 16.7 Å². The summed E-state index contributed by atoms with van der Waals surface area (Å²) in [4.78, 5) is 35.9. The smallest absolute Gasteiger partial charge is 0.234 e. The number of piperidine rings is 1. The highest BCUT2D eigenvalue weighted by Crippen LogP contribution is 2.65. The van der Waals surface area contributed by atoms with Crippen molar-refractivity contribution in [1.82, 2.24) is 10.6 Å². The molecule has 4 atom stereocenters. The maximum Gasteiger partial charge on any atom is 0.234 e. The number of carbonyl (C=O) groups excluding carboxylic acids is 3. The van der Waals surface area contributed by atoms with E-state index in [9.17, 15) is 14.4 Å². The van der Waals surface area contributed by atoms with E-state index in [2.05, 4.69) is 36.7 Å². The molecule has 1 unspecified atom stereocenters. The van der Waals surface area contributed by atoms with Gasteiger partial charge in [0.2, 0.25) is 17.7 Å². The van der Waals surface area contributed by atoms with Crippen LogP contribution in [0.4, 0.5) is 5.69 Å². The number of amides is 3. The summed E-state index contributed by atoms with van der Waals surface area (Å²) in [6.45, 7) is 8.48. The Morgan fingerprint density at radius 2 is 1.88 bits per heavy atom. The third-order valence-electron chi connectivity index (χ3n) is 9.33. The van der Waals surface area contributed by atoms with Crippen molar-refractivity contribution in [2.75, 3.05) is 11.9 Å². The second-order valence-corrected chi connectivity index (χ2v) is 11.5. The number of nitrogens with one attached hydrogen (secondary N) is 3. The van der Waals surface area contributed by atoms with Crippen LogP contribution < -0.4 is 16.0 Å². The highest BCUT2D eigenvalue weighted by Gasteiger charge is 2.60. The minimum Gasteiger partial charge on any atom is -0.326 e. The van der Waals surface area contributed by atoms with E-state index in [0.717, 1.165) is 43.7 Å². The van der Waals surface area contributed by atoms with Crippen LogP contribution >= 0.6 is 0 Å². The van der Waals surface area contributed by atoms with Crippen LogP contribution in [0.2, 0.25) is 0 Å². The number of hydrogen-bond donors (Lipinski definition) is 3. The molecule has 0 aromatic heterocycles. The van der Waals surface area contributed by atoms with Gasteiger partial charge in [0.15, 0.2) is 0 Å². The SMILES string of the molecule is CC1(C)[C@@H]2CC[C@@]1(C)[C@@H](NCCCCCCC(=O)Nc1cccc(C3CCC(=O)NC3=O)c1)C2. The summed E-state index contributed by atoms with van der Waals surface area (Å²) in [5.41, 5.74) is 2.44. The quantitative estimate of drug-likeness (QED) is 0.337. The summed E-state index contributed by atoms with van der Waals surface area (Å²) in [5, 5.41) is 9.21. The van der Waals surface area contributed by atoms with E-state index in [-0.39, 0.29) is 23.6 Å². The third kappa shape index (κ3) is 5.07. The van der Waals surface area contributed by atoms with E-state index >= 15 is 0 Å². The minimum atomic E-state index is -0.337. The maximum absolute atomic E-state index is 12.4. The van der Waals surface area contributed by atoms with E-state index in [1.54, 1.807) is 0 Å². The molecule has 0 spiro atoms. The van der Waals surface area contributed by atoms with Crippen LogP contribution in [0.3, 0.4) is 0 Å². The molecule has 2 saturated carbocycles. The average Bonchev–Trinajstić information content (AvgIpc) is 3.12. The van der Waals surface area contributed by atoms with Gasteiger partial charge >= 0.3 is 0 Å². The van der Waals surface area contributed by atoms with Gasteiger partial charge in [-0.2, -0.15) is 0 Å². The molecule has 3 N–H and O–H groups in total. The Kier molecular flexibility index (Phi) is 7.46. The molecule has 1 aliphatic heterocycles. The van der Waals surface area contributed by atoms with Crippen LogP contribution in [0.25, 0.3) is 0 Å². The van der Waals surface area contributed by atoms with E-state index in [0.29, 0.717) is 41.8 Å². The Morgan fingerprint density at radius 1 is 1.09 bits per heavy atom. The van der Waals surface area contributed by atoms with Crippen molar-refractivity contribution in [1.29, 1.82) is 0 Å². The summed E-state index contributed by atoms with van der Waals surface area (Å²) in [5.74, 6) is 0.0721. The standard InChI is InChI=1S/C28H41N3O3/c1-27(2)20-14-15-28(27,3)23(18-20)29-16-7-5-4-6-11-24(32)30-21-10-8-9-19(17-21)22-12-13-25(33)31-26(22)34/h8-10,17,20,22-23,29H,4-7,11-16,18H2,1-3H3,(H,30,32)(H,31,33,34)/t20-,22?,23+,28+/m1/s1. The van der Waals surface area contributed by atoms with E-state index in [4.69, 9.17) is 0 Å². The molecule has 0 radical (unpaired) electrons. The number of benzene rings is 1. The average molecular weight is 468 g/mol. The van der Waals surface area contributed by atoms with Crippen molar-refractivity contribution in [3.8, 4) is 0 Å². The van der Waals surface area contributed by atoms with Crippen molar-refractivity contribution in [3.05, 3.63) is 29.8 Å². The van der Waals surface area contributed by atoms with Crippen molar-refractivity contribution < 1.29 is 14.4 Å². The molecule has 1 saturated heterocycles. The van der Waals surface area contributed by atoms with Gasteiger partial charge < -0.3 is 10.6 Å². The van der Waals surface area contributed by atoms with Crippen LogP contribution in [-0.2, 0) is 14.4 Å². The number of anilines is 1. The topological polar surface area (TPSA) is 87.3 Å². The van der Waals surface area contributed by atoms with Crippen molar-refractivity contribution in [2.45, 2.75) is 96.9 Å². The molecule has 1 aromatic rings. The van der Waals surface area contributed by atoms with Gasteiger partial charge in [-0.05, 0) is 79.5 Å². The zero-order valence-electron chi connectivity index (χ0n) is 21.0. The van der Waals surface area contributed by atoms with E-state index < -0.39 is 0 Å². The first-order valence-electron chi connectivity index (χ1n) is 13.2. The van der Waals surface area contributed by atoms with Gasteiger partial charge in [-0.3, -0.25) is 19.7 Å². The van der Waals surface area contributed by atoms with E-state index in [1.807, 2.05) is 24.3 Å². The third-order valence-corrected chi connectivity index (χ3v) is 9.33. The molecular formula is C28H41N3O3. The predicted octanol–water partition coefficient (Wildman–Crippen LogP) is 4.90. The molecule has 3 aliphatic rings. The van der Waals surface area contributed by atoms with Gasteiger partial charge in [-0.15, -0.1) is 0 Å². The Hall–Kier alpha value is -2.21.